The first-order valence-electron chi connectivity index (χ1n) is 5.94. The third kappa shape index (κ3) is 4.55. The highest BCUT2D eigenvalue weighted by Crippen LogP contribution is 2.13. The first kappa shape index (κ1) is 14.3. The Kier molecular flexibility index (Phi) is 5.37. The molecular formula is C14H13BrN2O3. The summed E-state index contributed by atoms with van der Waals surface area (Å²) in [6, 6.07) is 11.1. The van der Waals surface area contributed by atoms with Gasteiger partial charge in [0, 0.05) is 10.0 Å². The fourth-order valence-corrected chi connectivity index (χ4v) is 1.81. The molecule has 0 spiro atoms. The van der Waals surface area contributed by atoms with Gasteiger partial charge in [0.2, 0.25) is 0 Å². The fourth-order valence-electron chi connectivity index (χ4n) is 1.42. The second-order valence-electron chi connectivity index (χ2n) is 3.89. The number of nitrogens with one attached hydrogen (secondary N) is 1. The lowest BCUT2D eigenvalue weighted by Gasteiger charge is -2.02. The van der Waals surface area contributed by atoms with Gasteiger partial charge >= 0.3 is 0 Å². The molecule has 0 radical (unpaired) electrons. The van der Waals surface area contributed by atoms with Gasteiger partial charge in [-0.05, 0) is 18.2 Å². The monoisotopic (exact) mass is 336 g/mol. The predicted molar refractivity (Wildman–Crippen MR) is 78.2 cm³/mol. The quantitative estimate of drug-likeness (QED) is 0.651. The Bertz CT molecular complexity index is 582. The zero-order chi connectivity index (χ0) is 14.2. The highest BCUT2D eigenvalue weighted by molar-refractivity contribution is 9.10. The van der Waals surface area contributed by atoms with Crippen molar-refractivity contribution in [2.45, 2.75) is 6.54 Å². The highest BCUT2D eigenvalue weighted by atomic mass is 79.9. The smallest absolute Gasteiger partial charge is 0.261 e. The summed E-state index contributed by atoms with van der Waals surface area (Å²) in [7, 11) is 0. The molecule has 1 amide bonds. The second kappa shape index (κ2) is 7.49. The van der Waals surface area contributed by atoms with Gasteiger partial charge in [-0.1, -0.05) is 39.3 Å². The fraction of sp³-hybridized carbons (Fsp3) is 0.143. The van der Waals surface area contributed by atoms with Crippen molar-refractivity contribution in [2.75, 3.05) is 6.61 Å². The normalized spacial score (nSPS) is 10.7. The molecule has 1 heterocycles. The largest absolute Gasteiger partial charge is 0.467 e. The summed E-state index contributed by atoms with van der Waals surface area (Å²) >= 11 is 3.39. The Labute approximate surface area is 124 Å². The van der Waals surface area contributed by atoms with Crippen LogP contribution in [0, 0.1) is 0 Å². The number of carbonyl (C=O) groups excluding carboxylic acids is 1. The number of benzene rings is 1. The molecule has 0 aliphatic rings. The molecule has 1 N–H and O–H groups in total. The van der Waals surface area contributed by atoms with E-state index in [1.807, 2.05) is 24.3 Å². The second-order valence-corrected chi connectivity index (χ2v) is 4.74. The number of rotatable bonds is 6. The van der Waals surface area contributed by atoms with Crippen molar-refractivity contribution in [3.05, 3.63) is 58.5 Å². The molecule has 0 saturated carbocycles. The van der Waals surface area contributed by atoms with Crippen LogP contribution in [0.3, 0.4) is 0 Å². The first-order chi connectivity index (χ1) is 9.75. The number of carbonyl (C=O) groups is 1. The number of nitrogens with zero attached hydrogens (tertiary/aromatic N) is 1. The molecule has 1 aromatic carbocycles. The summed E-state index contributed by atoms with van der Waals surface area (Å²) in [5.41, 5.74) is 0.878. The summed E-state index contributed by atoms with van der Waals surface area (Å²) in [5, 5.41) is 6.40. The van der Waals surface area contributed by atoms with Crippen LogP contribution >= 0.6 is 15.9 Å². The van der Waals surface area contributed by atoms with E-state index in [4.69, 9.17) is 9.25 Å². The summed E-state index contributed by atoms with van der Waals surface area (Å²) in [6.45, 7) is 0.199. The van der Waals surface area contributed by atoms with Gasteiger partial charge in [-0.25, -0.2) is 0 Å². The van der Waals surface area contributed by atoms with Crippen LogP contribution < -0.4 is 5.32 Å². The number of hydrogen-bond acceptors (Lipinski definition) is 4. The van der Waals surface area contributed by atoms with E-state index in [2.05, 4.69) is 26.4 Å². The van der Waals surface area contributed by atoms with E-state index < -0.39 is 0 Å². The maximum atomic E-state index is 11.5. The summed E-state index contributed by atoms with van der Waals surface area (Å²) in [5.74, 6) is 0.431. The molecule has 2 rings (SSSR count). The molecule has 0 aliphatic carbocycles. The molecule has 2 aromatic rings. The molecule has 5 nitrogen and oxygen atoms in total. The van der Waals surface area contributed by atoms with E-state index in [1.165, 1.54) is 0 Å². The van der Waals surface area contributed by atoms with Crippen molar-refractivity contribution in [1.82, 2.24) is 5.32 Å². The van der Waals surface area contributed by atoms with Crippen LogP contribution in [0.15, 0.2) is 56.7 Å². The Balaban J connectivity index is 1.70. The zero-order valence-corrected chi connectivity index (χ0v) is 12.2. The molecular weight excluding hydrogens is 324 g/mol. The molecule has 0 aliphatic heterocycles. The maximum absolute atomic E-state index is 11.5. The van der Waals surface area contributed by atoms with E-state index in [9.17, 15) is 4.79 Å². The topological polar surface area (TPSA) is 63.8 Å². The van der Waals surface area contributed by atoms with Gasteiger partial charge in [-0.3, -0.25) is 4.79 Å². The molecule has 0 saturated heterocycles. The van der Waals surface area contributed by atoms with E-state index in [0.717, 1.165) is 10.0 Å². The standard InChI is InChI=1S/C14H13BrN2O3/c15-13-6-2-1-4-11(13)8-17-20-10-14(18)16-9-12-5-3-7-19-12/h1-8H,9-10H2,(H,16,18)/b17-8-. The van der Waals surface area contributed by atoms with Gasteiger partial charge < -0.3 is 14.6 Å². The van der Waals surface area contributed by atoms with E-state index in [-0.39, 0.29) is 12.5 Å². The van der Waals surface area contributed by atoms with Gasteiger partial charge in [0.25, 0.3) is 5.91 Å². The highest BCUT2D eigenvalue weighted by Gasteiger charge is 2.02. The SMILES string of the molecule is O=C(CO/N=C\c1ccccc1Br)NCc1ccco1. The van der Waals surface area contributed by atoms with Crippen LogP contribution in [0.1, 0.15) is 11.3 Å². The molecule has 0 bridgehead atoms. The minimum absolute atomic E-state index is 0.137. The number of amides is 1. The molecule has 6 heteroatoms. The third-order valence-corrected chi connectivity index (χ3v) is 3.13. The van der Waals surface area contributed by atoms with Crippen molar-refractivity contribution in [3.8, 4) is 0 Å². The molecule has 0 unspecified atom stereocenters. The average Bonchev–Trinajstić information content (AvgIpc) is 2.96. The van der Waals surface area contributed by atoms with Gasteiger partial charge in [0.05, 0.1) is 19.0 Å². The summed E-state index contributed by atoms with van der Waals surface area (Å²) in [4.78, 5) is 16.4. The predicted octanol–water partition coefficient (Wildman–Crippen LogP) is 2.71. The summed E-state index contributed by atoms with van der Waals surface area (Å²) in [6.07, 6.45) is 3.10. The number of halogens is 1. The van der Waals surface area contributed by atoms with Crippen LogP contribution in [0.25, 0.3) is 0 Å². The summed E-state index contributed by atoms with van der Waals surface area (Å²) < 4.78 is 6.00. The lowest BCUT2D eigenvalue weighted by molar-refractivity contribution is -0.125. The molecule has 0 fully saturated rings. The van der Waals surface area contributed by atoms with Crippen LogP contribution in [0.2, 0.25) is 0 Å². The van der Waals surface area contributed by atoms with E-state index in [0.29, 0.717) is 12.3 Å². The first-order valence-corrected chi connectivity index (χ1v) is 6.74. The Hall–Kier alpha value is -2.08. The molecule has 20 heavy (non-hydrogen) atoms. The van der Waals surface area contributed by atoms with Crippen LogP contribution in [0.5, 0.6) is 0 Å². The van der Waals surface area contributed by atoms with Crippen molar-refractivity contribution < 1.29 is 14.0 Å². The van der Waals surface area contributed by atoms with Gasteiger partial charge in [-0.2, -0.15) is 0 Å². The van der Waals surface area contributed by atoms with Crippen LogP contribution in [-0.2, 0) is 16.2 Å². The van der Waals surface area contributed by atoms with Crippen molar-refractivity contribution in [2.24, 2.45) is 5.16 Å². The lowest BCUT2D eigenvalue weighted by atomic mass is 10.2. The average molecular weight is 337 g/mol. The Morgan fingerprint density at radius 3 is 2.95 bits per heavy atom. The van der Waals surface area contributed by atoms with Gasteiger partial charge in [-0.15, -0.1) is 0 Å². The minimum atomic E-state index is -0.259. The van der Waals surface area contributed by atoms with E-state index >= 15 is 0 Å². The molecule has 0 atom stereocenters. The zero-order valence-electron chi connectivity index (χ0n) is 10.6. The van der Waals surface area contributed by atoms with E-state index in [1.54, 1.807) is 24.6 Å². The lowest BCUT2D eigenvalue weighted by Crippen LogP contribution is -2.26. The molecule has 1 aromatic heterocycles. The van der Waals surface area contributed by atoms with Crippen molar-refractivity contribution >= 4 is 28.1 Å². The molecule has 104 valence electrons. The third-order valence-electron chi connectivity index (χ3n) is 2.41. The van der Waals surface area contributed by atoms with Crippen molar-refractivity contribution in [3.63, 3.8) is 0 Å². The van der Waals surface area contributed by atoms with Crippen LogP contribution in [0.4, 0.5) is 0 Å². The Morgan fingerprint density at radius 1 is 1.35 bits per heavy atom. The maximum Gasteiger partial charge on any atom is 0.261 e. The Morgan fingerprint density at radius 2 is 2.20 bits per heavy atom. The van der Waals surface area contributed by atoms with Crippen molar-refractivity contribution in [1.29, 1.82) is 0 Å². The minimum Gasteiger partial charge on any atom is -0.467 e. The number of oxime groups is 1. The van der Waals surface area contributed by atoms with Gasteiger partial charge in [0.15, 0.2) is 6.61 Å². The van der Waals surface area contributed by atoms with Gasteiger partial charge in [0.1, 0.15) is 5.76 Å². The number of hydrogen-bond donors (Lipinski definition) is 1. The number of furan rings is 1. The van der Waals surface area contributed by atoms with Crippen LogP contribution in [-0.4, -0.2) is 18.7 Å².